The summed E-state index contributed by atoms with van der Waals surface area (Å²) in [5.41, 5.74) is 3.80. The first-order valence-corrected chi connectivity index (χ1v) is 13.7. The Hall–Kier alpha value is -3.60. The topological polar surface area (TPSA) is 111 Å². The zero-order chi connectivity index (χ0) is 26.2. The molecule has 0 spiro atoms. The highest BCUT2D eigenvalue weighted by atomic mass is 32.2. The zero-order valence-corrected chi connectivity index (χ0v) is 21.9. The van der Waals surface area contributed by atoms with E-state index in [4.69, 9.17) is 0 Å². The lowest BCUT2D eigenvalue weighted by Gasteiger charge is -2.36. The van der Waals surface area contributed by atoms with Crippen LogP contribution in [0.3, 0.4) is 0 Å². The molecule has 5 rings (SSSR count). The van der Waals surface area contributed by atoms with E-state index in [0.29, 0.717) is 22.9 Å². The van der Waals surface area contributed by atoms with Crippen LogP contribution in [0.5, 0.6) is 0 Å². The molecule has 0 bridgehead atoms. The molecule has 1 aliphatic rings. The van der Waals surface area contributed by atoms with Gasteiger partial charge in [-0.3, -0.25) is 9.78 Å². The summed E-state index contributed by atoms with van der Waals surface area (Å²) < 4.78 is 27.3. The monoisotopic (exact) mass is 518 g/mol. The predicted octanol–water partition coefficient (Wildman–Crippen LogP) is 3.29. The first-order chi connectivity index (χ1) is 17.8. The molecule has 2 N–H and O–H groups in total. The third-order valence-corrected chi connectivity index (χ3v) is 8.46. The van der Waals surface area contributed by atoms with Crippen LogP contribution < -0.4 is 9.62 Å². The minimum absolute atomic E-state index is 0.0977. The molecule has 37 heavy (non-hydrogen) atoms. The Balaban J connectivity index is 1.42. The number of pyridine rings is 1. The number of hydrogen-bond acceptors (Lipinski definition) is 7. The first-order valence-electron chi connectivity index (χ1n) is 12.2. The van der Waals surface area contributed by atoms with Crippen molar-refractivity contribution >= 4 is 32.5 Å². The van der Waals surface area contributed by atoms with Crippen LogP contribution in [-0.2, 0) is 10.0 Å². The molecule has 192 valence electrons. The van der Waals surface area contributed by atoms with Gasteiger partial charge in [-0.1, -0.05) is 18.2 Å². The summed E-state index contributed by atoms with van der Waals surface area (Å²) in [7, 11) is 1.92. The fraction of sp³-hybridized carbons (Fsp3) is 0.296. The van der Waals surface area contributed by atoms with Crippen LogP contribution in [0.25, 0.3) is 22.3 Å². The van der Waals surface area contributed by atoms with E-state index in [1.54, 1.807) is 30.3 Å². The van der Waals surface area contributed by atoms with Gasteiger partial charge in [0.15, 0.2) is 5.82 Å². The second-order valence-corrected chi connectivity index (χ2v) is 11.3. The van der Waals surface area contributed by atoms with Crippen LogP contribution >= 0.6 is 0 Å². The Morgan fingerprint density at radius 2 is 1.84 bits per heavy atom. The number of carbonyl (C=O) groups excluding carboxylic acids is 1. The Kier molecular flexibility index (Phi) is 6.80. The Morgan fingerprint density at radius 1 is 1.08 bits per heavy atom. The molecular formula is C27H30N6O3S. The van der Waals surface area contributed by atoms with E-state index in [2.05, 4.69) is 49.6 Å². The highest BCUT2D eigenvalue weighted by molar-refractivity contribution is 7.89. The molecule has 2 aromatic heterocycles. The van der Waals surface area contributed by atoms with Crippen molar-refractivity contribution in [1.82, 2.24) is 24.6 Å². The molecule has 4 aromatic rings. The number of carbonyl (C=O) groups is 1. The maximum absolute atomic E-state index is 13.4. The largest absolute Gasteiger partial charge is 0.371 e. The number of imidazole rings is 1. The van der Waals surface area contributed by atoms with Gasteiger partial charge in [0.1, 0.15) is 0 Å². The molecule has 10 heteroatoms. The molecule has 1 aliphatic heterocycles. The molecule has 0 unspecified atom stereocenters. The molecule has 0 aliphatic carbocycles. The van der Waals surface area contributed by atoms with Gasteiger partial charge in [0.2, 0.25) is 15.8 Å². The molecule has 0 saturated carbocycles. The SMILES string of the molecule is CNS(=O)(=O)c1ccccc1-c1cc(C(=O)c2nc3ccc(N4CCC(N(C)C)CC4)cc3[nH]2)ccn1. The lowest BCUT2D eigenvalue weighted by Crippen LogP contribution is -2.41. The van der Waals surface area contributed by atoms with E-state index < -0.39 is 10.0 Å². The van der Waals surface area contributed by atoms with Crippen LogP contribution in [0.4, 0.5) is 5.69 Å². The lowest BCUT2D eigenvalue weighted by molar-refractivity contribution is 0.103. The zero-order valence-electron chi connectivity index (χ0n) is 21.1. The Bertz CT molecular complexity index is 1560. The number of anilines is 1. The van der Waals surface area contributed by atoms with E-state index >= 15 is 0 Å². The molecule has 0 atom stereocenters. The third kappa shape index (κ3) is 5.00. The summed E-state index contributed by atoms with van der Waals surface area (Å²) >= 11 is 0. The number of hydrogen-bond donors (Lipinski definition) is 2. The van der Waals surface area contributed by atoms with Gasteiger partial charge >= 0.3 is 0 Å². The lowest BCUT2D eigenvalue weighted by atomic mass is 10.0. The molecule has 3 heterocycles. The van der Waals surface area contributed by atoms with Crippen LogP contribution in [0.1, 0.15) is 29.0 Å². The van der Waals surface area contributed by atoms with Crippen molar-refractivity contribution in [1.29, 1.82) is 0 Å². The van der Waals surface area contributed by atoms with Crippen molar-refractivity contribution in [3.05, 3.63) is 72.2 Å². The average Bonchev–Trinajstić information content (AvgIpc) is 3.36. The molecule has 1 fully saturated rings. The van der Waals surface area contributed by atoms with Crippen LogP contribution in [-0.4, -0.2) is 74.3 Å². The minimum atomic E-state index is -3.70. The van der Waals surface area contributed by atoms with E-state index in [-0.39, 0.29) is 16.5 Å². The second-order valence-electron chi connectivity index (χ2n) is 9.43. The van der Waals surface area contributed by atoms with Crippen molar-refractivity contribution < 1.29 is 13.2 Å². The first kappa shape index (κ1) is 25.1. The van der Waals surface area contributed by atoms with E-state index in [1.807, 2.05) is 12.1 Å². The number of piperidine rings is 1. The van der Waals surface area contributed by atoms with Crippen molar-refractivity contribution in [2.24, 2.45) is 0 Å². The smallest absolute Gasteiger partial charge is 0.240 e. The summed E-state index contributed by atoms with van der Waals surface area (Å²) in [5.74, 6) is -0.0612. The third-order valence-electron chi connectivity index (χ3n) is 6.98. The predicted molar refractivity (Wildman–Crippen MR) is 144 cm³/mol. The standard InChI is InChI=1S/C27H30N6O3S/c1-28-37(35,36)25-7-5-4-6-21(25)23-16-18(10-13-29-23)26(34)27-30-22-9-8-20(17-24(22)31-27)33-14-11-19(12-15-33)32(2)3/h4-10,13,16-17,19,28H,11-12,14-15H2,1-3H3,(H,30,31). The summed E-state index contributed by atoms with van der Waals surface area (Å²) in [5, 5.41) is 0. The number of H-pyrrole nitrogens is 1. The number of ketones is 1. The molecule has 2 aromatic carbocycles. The van der Waals surface area contributed by atoms with Gasteiger partial charge in [-0.15, -0.1) is 0 Å². The van der Waals surface area contributed by atoms with Crippen molar-refractivity contribution in [3.63, 3.8) is 0 Å². The van der Waals surface area contributed by atoms with Crippen molar-refractivity contribution in [2.45, 2.75) is 23.8 Å². The van der Waals surface area contributed by atoms with Crippen LogP contribution in [0.2, 0.25) is 0 Å². The van der Waals surface area contributed by atoms with Crippen molar-refractivity contribution in [3.8, 4) is 11.3 Å². The highest BCUT2D eigenvalue weighted by Gasteiger charge is 2.22. The van der Waals surface area contributed by atoms with E-state index in [1.165, 1.54) is 19.3 Å². The fourth-order valence-corrected chi connectivity index (χ4v) is 5.76. The average molecular weight is 519 g/mol. The van der Waals surface area contributed by atoms with Gasteiger partial charge in [0.05, 0.1) is 21.6 Å². The summed E-state index contributed by atoms with van der Waals surface area (Å²) in [4.78, 5) is 30.2. The summed E-state index contributed by atoms with van der Waals surface area (Å²) in [6, 6.07) is 16.4. The number of aromatic amines is 1. The van der Waals surface area contributed by atoms with Gasteiger partial charge in [-0.2, -0.15) is 0 Å². The van der Waals surface area contributed by atoms with Gasteiger partial charge in [0, 0.05) is 42.1 Å². The second kappa shape index (κ2) is 10.0. The van der Waals surface area contributed by atoms with Gasteiger partial charge < -0.3 is 14.8 Å². The van der Waals surface area contributed by atoms with Crippen LogP contribution in [0.15, 0.2) is 65.7 Å². The Labute approximate surface area is 216 Å². The molecular weight excluding hydrogens is 488 g/mol. The fourth-order valence-electron chi connectivity index (χ4n) is 4.82. The summed E-state index contributed by atoms with van der Waals surface area (Å²) in [6.07, 6.45) is 3.73. The van der Waals surface area contributed by atoms with Gasteiger partial charge in [-0.25, -0.2) is 18.1 Å². The number of nitrogens with one attached hydrogen (secondary N) is 2. The number of benzene rings is 2. The number of fused-ring (bicyclic) bond motifs is 1. The number of nitrogens with zero attached hydrogens (tertiary/aromatic N) is 4. The highest BCUT2D eigenvalue weighted by Crippen LogP contribution is 2.28. The molecule has 1 saturated heterocycles. The normalized spacial score (nSPS) is 15.0. The quantitative estimate of drug-likeness (QED) is 0.361. The van der Waals surface area contributed by atoms with E-state index in [0.717, 1.165) is 42.7 Å². The molecule has 0 amide bonds. The van der Waals surface area contributed by atoms with Gasteiger partial charge in [0.25, 0.3) is 0 Å². The summed E-state index contributed by atoms with van der Waals surface area (Å²) in [6.45, 7) is 1.97. The van der Waals surface area contributed by atoms with Gasteiger partial charge in [-0.05, 0) is 70.4 Å². The maximum atomic E-state index is 13.4. The number of rotatable bonds is 7. The molecule has 0 radical (unpaired) electrons. The molecule has 9 nitrogen and oxygen atoms in total. The van der Waals surface area contributed by atoms with Crippen molar-refractivity contribution in [2.75, 3.05) is 39.1 Å². The number of sulfonamides is 1. The number of aromatic nitrogens is 3. The maximum Gasteiger partial charge on any atom is 0.240 e. The van der Waals surface area contributed by atoms with Crippen LogP contribution in [0, 0.1) is 0 Å². The van der Waals surface area contributed by atoms with E-state index in [9.17, 15) is 13.2 Å². The minimum Gasteiger partial charge on any atom is -0.371 e. The Morgan fingerprint density at radius 3 is 2.57 bits per heavy atom.